The summed E-state index contributed by atoms with van der Waals surface area (Å²) in [7, 11) is -3.72. The largest absolute Gasteiger partial charge is 0.352 e. The van der Waals surface area contributed by atoms with Crippen LogP contribution in [0.5, 0.6) is 0 Å². The zero-order chi connectivity index (χ0) is 23.0. The van der Waals surface area contributed by atoms with Gasteiger partial charge < -0.3 is 15.1 Å². The second-order valence-corrected chi connectivity index (χ2v) is 9.94. The van der Waals surface area contributed by atoms with E-state index in [1.807, 2.05) is 37.3 Å². The smallest absolute Gasteiger partial charge is 0.251 e. The first-order valence-corrected chi connectivity index (χ1v) is 12.7. The average Bonchev–Trinajstić information content (AvgIpc) is 2.81. The highest BCUT2D eigenvalue weighted by Crippen LogP contribution is 2.16. The van der Waals surface area contributed by atoms with Crippen molar-refractivity contribution in [2.24, 2.45) is 0 Å². The molecule has 2 aromatic carbocycles. The number of aryl methyl sites for hydroxylation is 1. The van der Waals surface area contributed by atoms with E-state index in [-0.39, 0.29) is 17.3 Å². The summed E-state index contributed by atoms with van der Waals surface area (Å²) >= 11 is 0. The zero-order valence-corrected chi connectivity index (χ0v) is 19.8. The van der Waals surface area contributed by atoms with E-state index in [1.54, 1.807) is 6.07 Å². The lowest BCUT2D eigenvalue weighted by Crippen LogP contribution is -2.46. The Kier molecular flexibility index (Phi) is 8.81. The van der Waals surface area contributed by atoms with Gasteiger partial charge in [-0.15, -0.1) is 0 Å². The summed E-state index contributed by atoms with van der Waals surface area (Å²) in [4.78, 5) is 17.7. The van der Waals surface area contributed by atoms with Gasteiger partial charge in [-0.25, -0.2) is 13.1 Å². The molecule has 1 heterocycles. The third-order valence-corrected chi connectivity index (χ3v) is 7.32. The average molecular weight is 459 g/mol. The summed E-state index contributed by atoms with van der Waals surface area (Å²) in [5.74, 6) is -0.238. The van der Waals surface area contributed by atoms with Gasteiger partial charge in [-0.05, 0) is 49.7 Å². The van der Waals surface area contributed by atoms with Gasteiger partial charge in [0.15, 0.2) is 0 Å². The topological polar surface area (TPSA) is 81.8 Å². The van der Waals surface area contributed by atoms with E-state index in [1.165, 1.54) is 12.1 Å². The number of carbonyl (C=O) groups excluding carboxylic acids is 1. The molecule has 1 aliphatic heterocycles. The third kappa shape index (κ3) is 6.87. The number of rotatable bonds is 10. The summed E-state index contributed by atoms with van der Waals surface area (Å²) in [6, 6.07) is 14.0. The minimum atomic E-state index is -3.72. The van der Waals surface area contributed by atoms with E-state index in [0.717, 1.165) is 56.8 Å². The van der Waals surface area contributed by atoms with Gasteiger partial charge in [-0.2, -0.15) is 0 Å². The van der Waals surface area contributed by atoms with Crippen molar-refractivity contribution in [3.05, 3.63) is 65.2 Å². The molecule has 1 saturated heterocycles. The Morgan fingerprint density at radius 3 is 2.38 bits per heavy atom. The molecular weight excluding hydrogens is 424 g/mol. The van der Waals surface area contributed by atoms with Gasteiger partial charge >= 0.3 is 0 Å². The highest BCUT2D eigenvalue weighted by Gasteiger charge is 2.18. The molecular formula is C24H34N4O3S. The summed E-state index contributed by atoms with van der Waals surface area (Å²) in [5, 5.41) is 2.94. The van der Waals surface area contributed by atoms with Crippen LogP contribution in [0.2, 0.25) is 0 Å². The van der Waals surface area contributed by atoms with E-state index in [9.17, 15) is 13.2 Å². The Bertz CT molecular complexity index is 988. The third-order valence-electron chi connectivity index (χ3n) is 5.92. The molecule has 0 spiro atoms. The molecule has 0 aliphatic carbocycles. The first kappa shape index (κ1) is 24.4. The van der Waals surface area contributed by atoms with Crippen molar-refractivity contribution in [1.29, 1.82) is 0 Å². The molecule has 7 nitrogen and oxygen atoms in total. The standard InChI is InChI=1S/C24H34N4O3S/c1-3-27-14-16-28(17-15-27)13-7-12-25-24(29)23-18-22(11-10-20(23)2)32(30,31)26-19-21-8-5-4-6-9-21/h4-6,8-11,18,26H,3,7,12-17,19H2,1-2H3,(H,25,29). The van der Waals surface area contributed by atoms with E-state index in [0.29, 0.717) is 12.1 Å². The van der Waals surface area contributed by atoms with Crippen LogP contribution in [0, 0.1) is 6.92 Å². The van der Waals surface area contributed by atoms with Crippen molar-refractivity contribution in [3.8, 4) is 0 Å². The molecule has 1 amide bonds. The molecule has 174 valence electrons. The van der Waals surface area contributed by atoms with E-state index in [4.69, 9.17) is 0 Å². The Morgan fingerprint density at radius 2 is 1.69 bits per heavy atom. The maximum absolute atomic E-state index is 12.7. The normalized spacial score (nSPS) is 15.6. The first-order valence-electron chi connectivity index (χ1n) is 11.3. The molecule has 2 aromatic rings. The second kappa shape index (κ2) is 11.6. The molecule has 32 heavy (non-hydrogen) atoms. The number of nitrogens with one attached hydrogen (secondary N) is 2. The van der Waals surface area contributed by atoms with Gasteiger partial charge in [0, 0.05) is 44.8 Å². The minimum absolute atomic E-state index is 0.0953. The Labute approximate surface area is 191 Å². The highest BCUT2D eigenvalue weighted by molar-refractivity contribution is 7.89. The molecule has 0 radical (unpaired) electrons. The van der Waals surface area contributed by atoms with Crippen LogP contribution in [-0.2, 0) is 16.6 Å². The van der Waals surface area contributed by atoms with Crippen molar-refractivity contribution < 1.29 is 13.2 Å². The summed E-state index contributed by atoms with van der Waals surface area (Å²) in [5.41, 5.74) is 2.02. The second-order valence-electron chi connectivity index (χ2n) is 8.17. The fourth-order valence-electron chi connectivity index (χ4n) is 3.80. The number of amides is 1. The van der Waals surface area contributed by atoms with Crippen molar-refractivity contribution in [2.45, 2.75) is 31.7 Å². The number of hydrogen-bond donors (Lipinski definition) is 2. The van der Waals surface area contributed by atoms with Crippen molar-refractivity contribution >= 4 is 15.9 Å². The Morgan fingerprint density at radius 1 is 1.00 bits per heavy atom. The Balaban J connectivity index is 1.52. The summed E-state index contributed by atoms with van der Waals surface area (Å²) < 4.78 is 28.0. The fourth-order valence-corrected chi connectivity index (χ4v) is 4.84. The maximum atomic E-state index is 12.7. The molecule has 1 aliphatic rings. The van der Waals surface area contributed by atoms with Gasteiger partial charge in [0.2, 0.25) is 10.0 Å². The van der Waals surface area contributed by atoms with Gasteiger partial charge in [-0.3, -0.25) is 4.79 Å². The number of hydrogen-bond acceptors (Lipinski definition) is 5. The molecule has 1 fully saturated rings. The number of benzene rings is 2. The molecule has 8 heteroatoms. The molecule has 0 aromatic heterocycles. The molecule has 3 rings (SSSR count). The van der Waals surface area contributed by atoms with Crippen LogP contribution in [0.25, 0.3) is 0 Å². The van der Waals surface area contributed by atoms with Crippen molar-refractivity contribution in [2.75, 3.05) is 45.8 Å². The van der Waals surface area contributed by atoms with Crippen LogP contribution in [0.1, 0.15) is 34.8 Å². The predicted molar refractivity (Wildman–Crippen MR) is 127 cm³/mol. The van der Waals surface area contributed by atoms with Crippen LogP contribution < -0.4 is 10.0 Å². The zero-order valence-electron chi connectivity index (χ0n) is 19.0. The van der Waals surface area contributed by atoms with Crippen LogP contribution in [0.15, 0.2) is 53.4 Å². The highest BCUT2D eigenvalue weighted by atomic mass is 32.2. The first-order chi connectivity index (χ1) is 15.4. The van der Waals surface area contributed by atoms with Gasteiger partial charge in [0.1, 0.15) is 0 Å². The number of carbonyl (C=O) groups is 1. The molecule has 0 unspecified atom stereocenters. The van der Waals surface area contributed by atoms with Gasteiger partial charge in [0.05, 0.1) is 4.90 Å². The fraction of sp³-hybridized carbons (Fsp3) is 0.458. The van der Waals surface area contributed by atoms with Gasteiger partial charge in [0.25, 0.3) is 5.91 Å². The molecule has 0 atom stereocenters. The molecule has 0 saturated carbocycles. The number of sulfonamides is 1. The lowest BCUT2D eigenvalue weighted by molar-refractivity contribution is 0.0947. The summed E-state index contributed by atoms with van der Waals surface area (Å²) in [6.45, 7) is 11.1. The van der Waals surface area contributed by atoms with Crippen LogP contribution in [0.3, 0.4) is 0 Å². The lowest BCUT2D eigenvalue weighted by Gasteiger charge is -2.33. The monoisotopic (exact) mass is 458 g/mol. The van der Waals surface area contributed by atoms with Gasteiger partial charge in [-0.1, -0.05) is 43.3 Å². The molecule has 2 N–H and O–H groups in total. The van der Waals surface area contributed by atoms with E-state index >= 15 is 0 Å². The maximum Gasteiger partial charge on any atom is 0.251 e. The van der Waals surface area contributed by atoms with Crippen molar-refractivity contribution in [1.82, 2.24) is 19.8 Å². The van der Waals surface area contributed by atoms with E-state index < -0.39 is 10.0 Å². The predicted octanol–water partition coefficient (Wildman–Crippen LogP) is 2.23. The van der Waals surface area contributed by atoms with E-state index in [2.05, 4.69) is 26.8 Å². The number of nitrogens with zero attached hydrogens (tertiary/aromatic N) is 2. The lowest BCUT2D eigenvalue weighted by atomic mass is 10.1. The van der Waals surface area contributed by atoms with Crippen LogP contribution in [0.4, 0.5) is 0 Å². The quantitative estimate of drug-likeness (QED) is 0.534. The minimum Gasteiger partial charge on any atom is -0.352 e. The Hall–Kier alpha value is -2.26. The molecule has 0 bridgehead atoms. The summed E-state index contributed by atoms with van der Waals surface area (Å²) in [6.07, 6.45) is 0.869. The van der Waals surface area contributed by atoms with Crippen LogP contribution in [-0.4, -0.2) is 69.9 Å². The SMILES string of the molecule is CCN1CCN(CCCNC(=O)c2cc(S(=O)(=O)NCc3ccccc3)ccc2C)CC1. The number of likely N-dealkylation sites (N-methyl/N-ethyl adjacent to an activating group) is 1. The van der Waals surface area contributed by atoms with Crippen LogP contribution >= 0.6 is 0 Å². The number of piperazine rings is 1. The van der Waals surface area contributed by atoms with Crippen molar-refractivity contribution in [3.63, 3.8) is 0 Å².